The van der Waals surface area contributed by atoms with Crippen LogP contribution in [-0.2, 0) is 24.1 Å². The van der Waals surface area contributed by atoms with Crippen LogP contribution in [0, 0.1) is 6.92 Å². The Kier molecular flexibility index (Phi) is 5.55. The SMILES string of the molecule is CCc1ccc(CCC(=O)NCCc2coc(C)n2)cc1. The molecular formula is C17H22N2O2. The zero-order valence-corrected chi connectivity index (χ0v) is 12.7. The molecule has 1 aromatic carbocycles. The van der Waals surface area contributed by atoms with E-state index in [0.29, 0.717) is 25.3 Å². The fraction of sp³-hybridized carbons (Fsp3) is 0.412. The first-order valence-electron chi connectivity index (χ1n) is 7.43. The van der Waals surface area contributed by atoms with Crippen molar-refractivity contribution in [1.82, 2.24) is 10.3 Å². The van der Waals surface area contributed by atoms with Crippen molar-refractivity contribution < 1.29 is 9.21 Å². The number of carbonyl (C=O) groups excluding carboxylic acids is 1. The minimum absolute atomic E-state index is 0.0785. The molecule has 1 N–H and O–H groups in total. The quantitative estimate of drug-likeness (QED) is 0.851. The van der Waals surface area contributed by atoms with E-state index in [4.69, 9.17) is 4.42 Å². The maximum absolute atomic E-state index is 11.8. The number of rotatable bonds is 7. The van der Waals surface area contributed by atoms with Gasteiger partial charge in [0.1, 0.15) is 6.26 Å². The van der Waals surface area contributed by atoms with E-state index >= 15 is 0 Å². The largest absolute Gasteiger partial charge is 0.449 e. The molecule has 0 aliphatic carbocycles. The van der Waals surface area contributed by atoms with Gasteiger partial charge in [-0.2, -0.15) is 0 Å². The lowest BCUT2D eigenvalue weighted by Crippen LogP contribution is -2.25. The summed E-state index contributed by atoms with van der Waals surface area (Å²) in [5, 5.41) is 2.91. The summed E-state index contributed by atoms with van der Waals surface area (Å²) >= 11 is 0. The van der Waals surface area contributed by atoms with E-state index in [-0.39, 0.29) is 5.91 Å². The van der Waals surface area contributed by atoms with Crippen molar-refractivity contribution >= 4 is 5.91 Å². The van der Waals surface area contributed by atoms with E-state index in [9.17, 15) is 4.79 Å². The Morgan fingerprint density at radius 3 is 2.52 bits per heavy atom. The number of nitrogens with one attached hydrogen (secondary N) is 1. The first-order valence-corrected chi connectivity index (χ1v) is 7.43. The van der Waals surface area contributed by atoms with Gasteiger partial charge in [-0.1, -0.05) is 31.2 Å². The number of amides is 1. The molecule has 0 spiro atoms. The van der Waals surface area contributed by atoms with Gasteiger partial charge in [-0.05, 0) is 24.0 Å². The van der Waals surface area contributed by atoms with Gasteiger partial charge in [-0.25, -0.2) is 4.98 Å². The second-order valence-corrected chi connectivity index (χ2v) is 5.13. The van der Waals surface area contributed by atoms with Crippen LogP contribution >= 0.6 is 0 Å². The lowest BCUT2D eigenvalue weighted by molar-refractivity contribution is -0.121. The smallest absolute Gasteiger partial charge is 0.220 e. The van der Waals surface area contributed by atoms with E-state index in [2.05, 4.69) is 41.5 Å². The molecule has 4 nitrogen and oxygen atoms in total. The summed E-state index contributed by atoms with van der Waals surface area (Å²) in [7, 11) is 0. The molecule has 112 valence electrons. The third kappa shape index (κ3) is 5.06. The normalized spacial score (nSPS) is 10.6. The number of carbonyl (C=O) groups is 1. The first-order chi connectivity index (χ1) is 10.2. The average Bonchev–Trinajstić information content (AvgIpc) is 2.91. The molecule has 2 aromatic rings. The van der Waals surface area contributed by atoms with Crippen molar-refractivity contribution in [2.24, 2.45) is 0 Å². The highest BCUT2D eigenvalue weighted by atomic mass is 16.3. The van der Waals surface area contributed by atoms with Crippen LogP contribution in [0.5, 0.6) is 0 Å². The number of hydrogen-bond donors (Lipinski definition) is 1. The van der Waals surface area contributed by atoms with Crippen LogP contribution in [0.4, 0.5) is 0 Å². The molecule has 21 heavy (non-hydrogen) atoms. The fourth-order valence-corrected chi connectivity index (χ4v) is 2.14. The molecule has 0 fully saturated rings. The van der Waals surface area contributed by atoms with Crippen LogP contribution in [0.1, 0.15) is 36.1 Å². The average molecular weight is 286 g/mol. The lowest BCUT2D eigenvalue weighted by Gasteiger charge is -2.05. The number of oxazole rings is 1. The molecule has 0 bridgehead atoms. The molecule has 0 saturated heterocycles. The first kappa shape index (κ1) is 15.3. The van der Waals surface area contributed by atoms with E-state index in [1.54, 1.807) is 6.26 Å². The Bertz CT molecular complexity index is 573. The minimum Gasteiger partial charge on any atom is -0.449 e. The molecule has 4 heteroatoms. The maximum atomic E-state index is 11.8. The van der Waals surface area contributed by atoms with Gasteiger partial charge in [0, 0.05) is 26.3 Å². The van der Waals surface area contributed by atoms with Crippen LogP contribution in [-0.4, -0.2) is 17.4 Å². The Morgan fingerprint density at radius 1 is 1.19 bits per heavy atom. The molecule has 0 unspecified atom stereocenters. The monoisotopic (exact) mass is 286 g/mol. The van der Waals surface area contributed by atoms with Gasteiger partial charge in [0.15, 0.2) is 5.89 Å². The number of benzene rings is 1. The van der Waals surface area contributed by atoms with Gasteiger partial charge in [-0.3, -0.25) is 4.79 Å². The Morgan fingerprint density at radius 2 is 1.90 bits per heavy atom. The van der Waals surface area contributed by atoms with E-state index in [0.717, 1.165) is 18.5 Å². The third-order valence-corrected chi connectivity index (χ3v) is 3.44. The van der Waals surface area contributed by atoms with Crippen LogP contribution < -0.4 is 5.32 Å². The van der Waals surface area contributed by atoms with Crippen molar-refractivity contribution in [3.8, 4) is 0 Å². The Labute approximate surface area is 125 Å². The van der Waals surface area contributed by atoms with Crippen molar-refractivity contribution in [2.45, 2.75) is 39.5 Å². The van der Waals surface area contributed by atoms with E-state index in [1.165, 1.54) is 11.1 Å². The molecule has 1 amide bonds. The fourth-order valence-electron chi connectivity index (χ4n) is 2.14. The van der Waals surface area contributed by atoms with E-state index < -0.39 is 0 Å². The molecule has 0 aliphatic heterocycles. The number of aromatic nitrogens is 1. The summed E-state index contributed by atoms with van der Waals surface area (Å²) in [4.78, 5) is 16.0. The summed E-state index contributed by atoms with van der Waals surface area (Å²) < 4.78 is 5.12. The molecule has 2 rings (SSSR count). The predicted molar refractivity (Wildman–Crippen MR) is 82.1 cm³/mol. The third-order valence-electron chi connectivity index (χ3n) is 3.44. The van der Waals surface area contributed by atoms with Crippen molar-refractivity contribution in [3.63, 3.8) is 0 Å². The van der Waals surface area contributed by atoms with Crippen molar-refractivity contribution in [2.75, 3.05) is 6.54 Å². The summed E-state index contributed by atoms with van der Waals surface area (Å²) in [6.07, 6.45) is 4.68. The standard InChI is InChI=1S/C17H22N2O2/c1-3-14-4-6-15(7-5-14)8-9-17(20)18-11-10-16-12-21-13(2)19-16/h4-7,12H,3,8-11H2,1-2H3,(H,18,20). The summed E-state index contributed by atoms with van der Waals surface area (Å²) in [6.45, 7) is 4.55. The topological polar surface area (TPSA) is 55.1 Å². The van der Waals surface area contributed by atoms with Gasteiger partial charge in [-0.15, -0.1) is 0 Å². The van der Waals surface area contributed by atoms with Gasteiger partial charge in [0.25, 0.3) is 0 Å². The van der Waals surface area contributed by atoms with Gasteiger partial charge < -0.3 is 9.73 Å². The highest BCUT2D eigenvalue weighted by molar-refractivity contribution is 5.76. The van der Waals surface area contributed by atoms with Crippen LogP contribution in [0.25, 0.3) is 0 Å². The summed E-state index contributed by atoms with van der Waals surface area (Å²) in [6, 6.07) is 8.45. The molecule has 0 aliphatic rings. The molecule has 1 heterocycles. The van der Waals surface area contributed by atoms with Gasteiger partial charge in [0.05, 0.1) is 5.69 Å². The minimum atomic E-state index is 0.0785. The zero-order chi connectivity index (χ0) is 15.1. The Balaban J connectivity index is 1.67. The molecule has 1 aromatic heterocycles. The second kappa shape index (κ2) is 7.62. The van der Waals surface area contributed by atoms with Gasteiger partial charge >= 0.3 is 0 Å². The van der Waals surface area contributed by atoms with Gasteiger partial charge in [0.2, 0.25) is 5.91 Å². The highest BCUT2D eigenvalue weighted by Crippen LogP contribution is 2.07. The lowest BCUT2D eigenvalue weighted by atomic mass is 10.1. The summed E-state index contributed by atoms with van der Waals surface area (Å²) in [5.74, 6) is 0.738. The summed E-state index contributed by atoms with van der Waals surface area (Å²) in [5.41, 5.74) is 3.41. The molecule has 0 atom stereocenters. The zero-order valence-electron chi connectivity index (χ0n) is 12.7. The number of aryl methyl sites for hydroxylation is 3. The van der Waals surface area contributed by atoms with Crippen LogP contribution in [0.2, 0.25) is 0 Å². The Hall–Kier alpha value is -2.10. The van der Waals surface area contributed by atoms with Crippen LogP contribution in [0.3, 0.4) is 0 Å². The van der Waals surface area contributed by atoms with Crippen LogP contribution in [0.15, 0.2) is 34.9 Å². The number of hydrogen-bond acceptors (Lipinski definition) is 3. The molecule has 0 saturated carbocycles. The molecule has 0 radical (unpaired) electrons. The van der Waals surface area contributed by atoms with Crippen molar-refractivity contribution in [3.05, 3.63) is 53.2 Å². The second-order valence-electron chi connectivity index (χ2n) is 5.13. The highest BCUT2D eigenvalue weighted by Gasteiger charge is 2.04. The molecular weight excluding hydrogens is 264 g/mol. The number of nitrogens with zero attached hydrogens (tertiary/aromatic N) is 1. The van der Waals surface area contributed by atoms with Crippen molar-refractivity contribution in [1.29, 1.82) is 0 Å². The van der Waals surface area contributed by atoms with E-state index in [1.807, 2.05) is 6.92 Å². The maximum Gasteiger partial charge on any atom is 0.220 e. The predicted octanol–water partition coefficient (Wildman–Crippen LogP) is 2.84.